The Kier molecular flexibility index (Phi) is 2.71. The van der Waals surface area contributed by atoms with Gasteiger partial charge < -0.3 is 4.57 Å². The molecule has 0 bridgehead atoms. The summed E-state index contributed by atoms with van der Waals surface area (Å²) in [6, 6.07) is 10.6. The largest absolute Gasteiger partial charge is 0.332 e. The van der Waals surface area contributed by atoms with Crippen LogP contribution in [0.5, 0.6) is 0 Å². The van der Waals surface area contributed by atoms with Crippen LogP contribution in [0.1, 0.15) is 42.8 Å². The first-order chi connectivity index (χ1) is 8.34. The zero-order valence-corrected chi connectivity index (χ0v) is 10.3. The Bertz CT molecular complexity index is 499. The maximum absolute atomic E-state index is 4.61. The van der Waals surface area contributed by atoms with Gasteiger partial charge in [0.25, 0.3) is 0 Å². The van der Waals surface area contributed by atoms with Crippen molar-refractivity contribution in [3.05, 3.63) is 53.6 Å². The molecule has 1 aromatic carbocycles. The van der Waals surface area contributed by atoms with E-state index in [0.29, 0.717) is 5.92 Å². The Labute approximate surface area is 102 Å². The minimum absolute atomic E-state index is 0.667. The van der Waals surface area contributed by atoms with E-state index in [-0.39, 0.29) is 0 Å². The van der Waals surface area contributed by atoms with Crippen LogP contribution in [0.25, 0.3) is 0 Å². The number of hydrogen-bond donors (Lipinski definition) is 0. The zero-order chi connectivity index (χ0) is 11.7. The second-order valence-electron chi connectivity index (χ2n) is 4.96. The Morgan fingerprint density at radius 2 is 2.12 bits per heavy atom. The lowest BCUT2D eigenvalue weighted by Gasteiger charge is -2.22. The molecule has 1 aliphatic heterocycles. The van der Waals surface area contributed by atoms with Crippen LogP contribution in [0, 0.1) is 0 Å². The minimum Gasteiger partial charge on any atom is -0.332 e. The van der Waals surface area contributed by atoms with Crippen molar-refractivity contribution in [2.24, 2.45) is 0 Å². The summed E-state index contributed by atoms with van der Waals surface area (Å²) in [7, 11) is 0. The maximum atomic E-state index is 4.61. The van der Waals surface area contributed by atoms with Crippen LogP contribution in [0.15, 0.2) is 36.5 Å². The van der Waals surface area contributed by atoms with Crippen molar-refractivity contribution in [2.45, 2.75) is 38.6 Å². The first-order valence-electron chi connectivity index (χ1n) is 6.43. The van der Waals surface area contributed by atoms with E-state index in [9.17, 15) is 0 Å². The smallest absolute Gasteiger partial charge is 0.113 e. The van der Waals surface area contributed by atoms with E-state index in [4.69, 9.17) is 0 Å². The monoisotopic (exact) mass is 226 g/mol. The van der Waals surface area contributed by atoms with Gasteiger partial charge in [0.05, 0.1) is 0 Å². The third-order valence-corrected chi connectivity index (χ3v) is 3.70. The molecule has 88 valence electrons. The Hall–Kier alpha value is -1.57. The lowest BCUT2D eigenvalue weighted by Crippen LogP contribution is -2.15. The molecule has 1 aliphatic rings. The summed E-state index contributed by atoms with van der Waals surface area (Å²) in [5.74, 6) is 1.89. The number of hydrogen-bond acceptors (Lipinski definition) is 1. The molecular weight excluding hydrogens is 208 g/mol. The molecule has 0 aliphatic carbocycles. The van der Waals surface area contributed by atoms with E-state index >= 15 is 0 Å². The molecule has 1 aromatic heterocycles. The highest BCUT2D eigenvalue weighted by Crippen LogP contribution is 2.28. The molecule has 3 rings (SSSR count). The van der Waals surface area contributed by atoms with Crippen LogP contribution in [-0.2, 0) is 13.0 Å². The molecule has 0 saturated heterocycles. The number of imidazole rings is 1. The van der Waals surface area contributed by atoms with E-state index in [1.165, 1.54) is 29.9 Å². The molecule has 0 saturated carbocycles. The molecule has 2 nitrogen and oxygen atoms in total. The lowest BCUT2D eigenvalue weighted by molar-refractivity contribution is 0.465. The highest BCUT2D eigenvalue weighted by molar-refractivity contribution is 5.22. The molecule has 2 heteroatoms. The second kappa shape index (κ2) is 4.36. The van der Waals surface area contributed by atoms with Gasteiger partial charge in [0.2, 0.25) is 0 Å². The van der Waals surface area contributed by atoms with Gasteiger partial charge in [-0.3, -0.25) is 0 Å². The predicted octanol–water partition coefficient (Wildman–Crippen LogP) is 3.37. The van der Waals surface area contributed by atoms with Crippen LogP contribution in [0.2, 0.25) is 0 Å². The average Bonchev–Trinajstić information content (AvgIpc) is 2.76. The maximum Gasteiger partial charge on any atom is 0.113 e. The van der Waals surface area contributed by atoms with Crippen molar-refractivity contribution in [1.29, 1.82) is 0 Å². The van der Waals surface area contributed by atoms with Crippen LogP contribution in [-0.4, -0.2) is 9.55 Å². The standard InChI is InChI=1S/C15H18N2/c1-12-6-5-9-17-14(12)11-16-15(17)10-13-7-3-2-4-8-13/h2-4,7-8,11-12H,5-6,9-10H2,1H3. The molecule has 0 N–H and O–H groups in total. The van der Waals surface area contributed by atoms with Crippen molar-refractivity contribution in [3.8, 4) is 0 Å². The number of benzene rings is 1. The molecule has 1 atom stereocenters. The summed E-state index contributed by atoms with van der Waals surface area (Å²) in [5.41, 5.74) is 2.77. The molecule has 2 aromatic rings. The summed E-state index contributed by atoms with van der Waals surface area (Å²) in [6.07, 6.45) is 5.61. The zero-order valence-electron chi connectivity index (χ0n) is 10.3. The van der Waals surface area contributed by atoms with Gasteiger partial charge >= 0.3 is 0 Å². The molecule has 0 fully saturated rings. The van der Waals surface area contributed by atoms with E-state index in [2.05, 4.69) is 53.0 Å². The summed E-state index contributed by atoms with van der Waals surface area (Å²) < 4.78 is 2.42. The Morgan fingerprint density at radius 1 is 1.29 bits per heavy atom. The molecule has 1 unspecified atom stereocenters. The van der Waals surface area contributed by atoms with Gasteiger partial charge in [-0.25, -0.2) is 4.98 Å². The van der Waals surface area contributed by atoms with Gasteiger partial charge in [-0.1, -0.05) is 37.3 Å². The summed E-state index contributed by atoms with van der Waals surface area (Å²) in [4.78, 5) is 4.61. The summed E-state index contributed by atoms with van der Waals surface area (Å²) in [5, 5.41) is 0. The Morgan fingerprint density at radius 3 is 2.94 bits per heavy atom. The van der Waals surface area contributed by atoms with Crippen molar-refractivity contribution >= 4 is 0 Å². The molecule has 0 spiro atoms. The number of rotatable bonds is 2. The molecular formula is C15H18N2. The molecule has 0 amide bonds. The van der Waals surface area contributed by atoms with Crippen LogP contribution >= 0.6 is 0 Å². The highest BCUT2D eigenvalue weighted by Gasteiger charge is 2.19. The number of aromatic nitrogens is 2. The van der Waals surface area contributed by atoms with E-state index < -0.39 is 0 Å². The SMILES string of the molecule is CC1CCCn2c1cnc2Cc1ccccc1. The van der Waals surface area contributed by atoms with E-state index in [1.807, 2.05) is 0 Å². The highest BCUT2D eigenvalue weighted by atomic mass is 15.1. The first kappa shape index (κ1) is 10.6. The number of nitrogens with zero attached hydrogens (tertiary/aromatic N) is 2. The second-order valence-corrected chi connectivity index (χ2v) is 4.96. The van der Waals surface area contributed by atoms with Crippen molar-refractivity contribution < 1.29 is 0 Å². The third kappa shape index (κ3) is 1.99. The third-order valence-electron chi connectivity index (χ3n) is 3.70. The normalized spacial score (nSPS) is 19.0. The summed E-state index contributed by atoms with van der Waals surface area (Å²) >= 11 is 0. The molecule has 2 heterocycles. The Balaban J connectivity index is 1.90. The van der Waals surface area contributed by atoms with Crippen LogP contribution in [0.4, 0.5) is 0 Å². The summed E-state index contributed by atoms with van der Waals surface area (Å²) in [6.45, 7) is 3.45. The van der Waals surface area contributed by atoms with E-state index in [1.54, 1.807) is 0 Å². The van der Waals surface area contributed by atoms with Gasteiger partial charge in [0.1, 0.15) is 5.82 Å². The fraction of sp³-hybridized carbons (Fsp3) is 0.400. The lowest BCUT2D eigenvalue weighted by atomic mass is 9.98. The first-order valence-corrected chi connectivity index (χ1v) is 6.43. The van der Waals surface area contributed by atoms with Gasteiger partial charge in [-0.15, -0.1) is 0 Å². The van der Waals surface area contributed by atoms with E-state index in [0.717, 1.165) is 13.0 Å². The fourth-order valence-corrected chi connectivity index (χ4v) is 2.70. The van der Waals surface area contributed by atoms with Crippen molar-refractivity contribution in [3.63, 3.8) is 0 Å². The minimum atomic E-state index is 0.667. The predicted molar refractivity (Wildman–Crippen MR) is 69.1 cm³/mol. The van der Waals surface area contributed by atoms with Gasteiger partial charge in [-0.2, -0.15) is 0 Å². The van der Waals surface area contributed by atoms with Crippen LogP contribution < -0.4 is 0 Å². The van der Waals surface area contributed by atoms with Crippen molar-refractivity contribution in [2.75, 3.05) is 0 Å². The fourth-order valence-electron chi connectivity index (χ4n) is 2.70. The van der Waals surface area contributed by atoms with Gasteiger partial charge in [0, 0.05) is 24.9 Å². The molecule has 0 radical (unpaired) electrons. The average molecular weight is 226 g/mol. The van der Waals surface area contributed by atoms with Gasteiger partial charge in [0.15, 0.2) is 0 Å². The van der Waals surface area contributed by atoms with Gasteiger partial charge in [-0.05, 0) is 24.3 Å². The van der Waals surface area contributed by atoms with Crippen molar-refractivity contribution in [1.82, 2.24) is 9.55 Å². The van der Waals surface area contributed by atoms with Crippen LogP contribution in [0.3, 0.4) is 0 Å². The number of fused-ring (bicyclic) bond motifs is 1. The topological polar surface area (TPSA) is 17.8 Å². The quantitative estimate of drug-likeness (QED) is 0.767. The molecule has 17 heavy (non-hydrogen) atoms.